The molecule has 0 radical (unpaired) electrons. The van der Waals surface area contributed by atoms with Gasteiger partial charge in [-0.15, -0.1) is 0 Å². The van der Waals surface area contributed by atoms with Crippen LogP contribution < -0.4 is 20.5 Å². The van der Waals surface area contributed by atoms with E-state index in [0.717, 1.165) is 19.4 Å². The lowest BCUT2D eigenvalue weighted by Gasteiger charge is -2.28. The van der Waals surface area contributed by atoms with Crippen molar-refractivity contribution < 1.29 is 19.1 Å². The maximum absolute atomic E-state index is 13.2. The van der Waals surface area contributed by atoms with Gasteiger partial charge in [-0.1, -0.05) is 13.8 Å². The molecule has 0 bridgehead atoms. The lowest BCUT2D eigenvalue weighted by atomic mass is 9.98. The molecule has 1 aliphatic carbocycles. The van der Waals surface area contributed by atoms with Crippen molar-refractivity contribution >= 4 is 11.8 Å². The van der Waals surface area contributed by atoms with Gasteiger partial charge in [0, 0.05) is 30.8 Å². The highest BCUT2D eigenvalue weighted by Crippen LogP contribution is 2.37. The predicted octanol–water partition coefficient (Wildman–Crippen LogP) is 1.65. The molecule has 3 N–H and O–H groups in total. The normalized spacial score (nSPS) is 24.8. The lowest BCUT2D eigenvalue weighted by molar-refractivity contribution is -0.133. The minimum atomic E-state index is -0.584. The van der Waals surface area contributed by atoms with Gasteiger partial charge < -0.3 is 25.4 Å². The summed E-state index contributed by atoms with van der Waals surface area (Å²) in [6.07, 6.45) is 2.12. The first-order valence-corrected chi connectivity index (χ1v) is 9.92. The molecular formula is C21H31N3O4. The number of methoxy groups -OCH3 is 2. The molecule has 7 heteroatoms. The highest BCUT2D eigenvalue weighted by Gasteiger charge is 2.44. The van der Waals surface area contributed by atoms with Crippen molar-refractivity contribution in [3.05, 3.63) is 23.8 Å². The lowest BCUT2D eigenvalue weighted by Crippen LogP contribution is -2.51. The number of hydrogen-bond acceptors (Lipinski definition) is 5. The zero-order valence-electron chi connectivity index (χ0n) is 17.1. The Bertz CT molecular complexity index is 714. The van der Waals surface area contributed by atoms with Gasteiger partial charge in [0.05, 0.1) is 14.2 Å². The van der Waals surface area contributed by atoms with Crippen molar-refractivity contribution in [2.24, 2.45) is 23.5 Å². The molecule has 7 nitrogen and oxygen atoms in total. The minimum absolute atomic E-state index is 0.0280. The number of rotatable bonds is 6. The molecule has 2 fully saturated rings. The highest BCUT2D eigenvalue weighted by atomic mass is 16.5. The summed E-state index contributed by atoms with van der Waals surface area (Å²) in [5, 5.41) is 2.92. The summed E-state index contributed by atoms with van der Waals surface area (Å²) in [6.45, 7) is 5.31. The molecule has 28 heavy (non-hydrogen) atoms. The molecule has 0 aromatic heterocycles. The summed E-state index contributed by atoms with van der Waals surface area (Å²) in [4.78, 5) is 27.9. The topological polar surface area (TPSA) is 93.9 Å². The Balaban J connectivity index is 1.73. The van der Waals surface area contributed by atoms with E-state index >= 15 is 0 Å². The number of ether oxygens (including phenoxy) is 2. The standard InChI is InChI=1S/C21H31N3O4/c1-12(2)19(21(26)24-10-13-5-6-18(22)17(13)11-24)23-20(25)14-7-15(27-3)9-16(8-14)28-4/h7-9,12-13,17-19H,5-6,10-11,22H2,1-4H3,(H,23,25). The summed E-state index contributed by atoms with van der Waals surface area (Å²) < 4.78 is 10.5. The van der Waals surface area contributed by atoms with Crippen LogP contribution in [0.25, 0.3) is 0 Å². The molecule has 1 heterocycles. The third-order valence-corrected chi connectivity index (χ3v) is 6.06. The molecule has 3 rings (SSSR count). The van der Waals surface area contributed by atoms with Gasteiger partial charge >= 0.3 is 0 Å². The number of nitrogens with one attached hydrogen (secondary N) is 1. The van der Waals surface area contributed by atoms with Crippen molar-refractivity contribution in [1.82, 2.24) is 10.2 Å². The Morgan fingerprint density at radius 1 is 1.11 bits per heavy atom. The fourth-order valence-corrected chi connectivity index (χ4v) is 4.36. The van der Waals surface area contributed by atoms with Crippen LogP contribution in [0.5, 0.6) is 11.5 Å². The summed E-state index contributed by atoms with van der Waals surface area (Å²) >= 11 is 0. The quantitative estimate of drug-likeness (QED) is 0.772. The second-order valence-electron chi connectivity index (χ2n) is 8.20. The zero-order chi connectivity index (χ0) is 20.4. The first-order valence-electron chi connectivity index (χ1n) is 9.92. The summed E-state index contributed by atoms with van der Waals surface area (Å²) in [5.74, 6) is 1.55. The number of carbonyl (C=O) groups is 2. The van der Waals surface area contributed by atoms with Gasteiger partial charge in [0.2, 0.25) is 5.91 Å². The third-order valence-electron chi connectivity index (χ3n) is 6.06. The SMILES string of the molecule is COc1cc(OC)cc(C(=O)NC(C(=O)N2CC3CCC(N)C3C2)C(C)C)c1. The first-order chi connectivity index (χ1) is 13.3. The molecule has 2 aliphatic rings. The van der Waals surface area contributed by atoms with Crippen molar-refractivity contribution in [3.8, 4) is 11.5 Å². The van der Waals surface area contributed by atoms with E-state index < -0.39 is 6.04 Å². The van der Waals surface area contributed by atoms with Crippen molar-refractivity contribution in [3.63, 3.8) is 0 Å². The second kappa shape index (κ2) is 8.39. The van der Waals surface area contributed by atoms with Crippen LogP contribution in [0, 0.1) is 17.8 Å². The number of nitrogens with two attached hydrogens (primary N) is 1. The van der Waals surface area contributed by atoms with Crippen LogP contribution in [0.3, 0.4) is 0 Å². The van der Waals surface area contributed by atoms with Crippen LogP contribution in [0.2, 0.25) is 0 Å². The molecule has 4 atom stereocenters. The Morgan fingerprint density at radius 2 is 1.75 bits per heavy atom. The van der Waals surface area contributed by atoms with Crippen LogP contribution in [0.1, 0.15) is 37.0 Å². The van der Waals surface area contributed by atoms with Crippen LogP contribution in [0.4, 0.5) is 0 Å². The molecule has 154 valence electrons. The van der Waals surface area contributed by atoms with Crippen molar-refractivity contribution in [2.45, 2.75) is 38.8 Å². The molecule has 1 aromatic carbocycles. The Kier molecular flexibility index (Phi) is 6.13. The van der Waals surface area contributed by atoms with Gasteiger partial charge in [0.15, 0.2) is 0 Å². The molecule has 1 aliphatic heterocycles. The number of fused-ring (bicyclic) bond motifs is 1. The van der Waals surface area contributed by atoms with Gasteiger partial charge in [-0.05, 0) is 42.7 Å². The fraction of sp³-hybridized carbons (Fsp3) is 0.619. The van der Waals surface area contributed by atoms with Gasteiger partial charge in [0.25, 0.3) is 5.91 Å². The number of likely N-dealkylation sites (tertiary alicyclic amines) is 1. The van der Waals surface area contributed by atoms with Gasteiger partial charge in [-0.25, -0.2) is 0 Å². The molecule has 2 amide bonds. The number of amides is 2. The monoisotopic (exact) mass is 389 g/mol. The van der Waals surface area contributed by atoms with E-state index in [0.29, 0.717) is 35.4 Å². The largest absolute Gasteiger partial charge is 0.497 e. The fourth-order valence-electron chi connectivity index (χ4n) is 4.36. The Hall–Kier alpha value is -2.28. The average molecular weight is 389 g/mol. The Morgan fingerprint density at radius 3 is 2.29 bits per heavy atom. The molecular weight excluding hydrogens is 358 g/mol. The minimum Gasteiger partial charge on any atom is -0.497 e. The summed E-state index contributed by atoms with van der Waals surface area (Å²) in [5.41, 5.74) is 6.60. The number of carbonyl (C=O) groups excluding carboxylic acids is 2. The van der Waals surface area contributed by atoms with Gasteiger partial charge in [-0.3, -0.25) is 9.59 Å². The smallest absolute Gasteiger partial charge is 0.252 e. The van der Waals surface area contributed by atoms with Crippen LogP contribution >= 0.6 is 0 Å². The van der Waals surface area contributed by atoms with Crippen LogP contribution in [-0.4, -0.2) is 56.1 Å². The van der Waals surface area contributed by atoms with Crippen molar-refractivity contribution in [2.75, 3.05) is 27.3 Å². The predicted molar refractivity (Wildman–Crippen MR) is 106 cm³/mol. The highest BCUT2D eigenvalue weighted by molar-refractivity contribution is 5.98. The van der Waals surface area contributed by atoms with Crippen LogP contribution in [-0.2, 0) is 4.79 Å². The van der Waals surface area contributed by atoms with E-state index in [1.165, 1.54) is 14.2 Å². The number of hydrogen-bond donors (Lipinski definition) is 2. The maximum atomic E-state index is 13.2. The average Bonchev–Trinajstić information content (AvgIpc) is 3.26. The van der Waals surface area contributed by atoms with E-state index in [9.17, 15) is 9.59 Å². The van der Waals surface area contributed by atoms with E-state index in [4.69, 9.17) is 15.2 Å². The zero-order valence-corrected chi connectivity index (χ0v) is 17.1. The van der Waals surface area contributed by atoms with Crippen molar-refractivity contribution in [1.29, 1.82) is 0 Å². The molecule has 4 unspecified atom stereocenters. The van der Waals surface area contributed by atoms with Gasteiger partial charge in [-0.2, -0.15) is 0 Å². The first kappa shape index (κ1) is 20.5. The molecule has 1 saturated heterocycles. The van der Waals surface area contributed by atoms with E-state index in [2.05, 4.69) is 5.32 Å². The number of nitrogens with zero attached hydrogens (tertiary/aromatic N) is 1. The van der Waals surface area contributed by atoms with E-state index in [-0.39, 0.29) is 23.8 Å². The third kappa shape index (κ3) is 4.09. The Labute approximate surface area is 166 Å². The van der Waals surface area contributed by atoms with Gasteiger partial charge in [0.1, 0.15) is 17.5 Å². The second-order valence-corrected chi connectivity index (χ2v) is 8.20. The van der Waals surface area contributed by atoms with E-state index in [1.54, 1.807) is 18.2 Å². The number of benzene rings is 1. The molecule has 1 saturated carbocycles. The summed E-state index contributed by atoms with van der Waals surface area (Å²) in [6, 6.07) is 4.57. The maximum Gasteiger partial charge on any atom is 0.252 e. The van der Waals surface area contributed by atoms with E-state index in [1.807, 2.05) is 18.7 Å². The van der Waals surface area contributed by atoms with Crippen LogP contribution in [0.15, 0.2) is 18.2 Å². The molecule has 0 spiro atoms. The molecule has 1 aromatic rings. The summed E-state index contributed by atoms with van der Waals surface area (Å²) in [7, 11) is 3.07.